The van der Waals surface area contributed by atoms with Crippen molar-refractivity contribution in [2.45, 2.75) is 51.6 Å². The van der Waals surface area contributed by atoms with Crippen LogP contribution < -0.4 is 4.74 Å². The zero-order valence-electron chi connectivity index (χ0n) is 28.2. The Balaban J connectivity index is 1.62. The van der Waals surface area contributed by atoms with Gasteiger partial charge in [0.15, 0.2) is 0 Å². The Kier molecular flexibility index (Phi) is 10.8. The predicted molar refractivity (Wildman–Crippen MR) is 190 cm³/mol. The SMILES string of the molecule is CCOc1cc(C(C)(C)C)ccc1C1=N[C@@H](c2ccc(Cl)cc2)[C@@H](c2ccc(Cl)cc2)N1C(=O)N1CCCN(CC(=O)N(C)C)CC1. The quantitative estimate of drug-likeness (QED) is 0.261. The summed E-state index contributed by atoms with van der Waals surface area (Å²) in [7, 11) is 3.53. The molecular formula is C37H45Cl2N5O3. The molecule has 8 nitrogen and oxygen atoms in total. The first kappa shape index (κ1) is 34.7. The molecule has 2 aliphatic rings. The van der Waals surface area contributed by atoms with Crippen molar-refractivity contribution in [2.24, 2.45) is 4.99 Å². The van der Waals surface area contributed by atoms with Crippen molar-refractivity contribution >= 4 is 41.0 Å². The summed E-state index contributed by atoms with van der Waals surface area (Å²) in [5.41, 5.74) is 3.65. The van der Waals surface area contributed by atoms with Crippen molar-refractivity contribution in [1.82, 2.24) is 19.6 Å². The number of amides is 3. The number of amidine groups is 1. The molecule has 0 unspecified atom stereocenters. The Morgan fingerprint density at radius 3 is 2.13 bits per heavy atom. The third-order valence-electron chi connectivity index (χ3n) is 8.80. The topological polar surface area (TPSA) is 68.7 Å². The molecule has 0 radical (unpaired) electrons. The molecule has 0 spiro atoms. The molecule has 5 rings (SSSR count). The number of benzene rings is 3. The summed E-state index contributed by atoms with van der Waals surface area (Å²) in [6.07, 6.45) is 0.753. The summed E-state index contributed by atoms with van der Waals surface area (Å²) in [5.74, 6) is 1.30. The van der Waals surface area contributed by atoms with Crippen LogP contribution in [0, 0.1) is 0 Å². The first-order valence-corrected chi connectivity index (χ1v) is 17.0. The van der Waals surface area contributed by atoms with E-state index in [0.717, 1.165) is 35.2 Å². The monoisotopic (exact) mass is 677 g/mol. The standard InChI is InChI=1S/C37H45Cl2N5O3/c1-7-47-31-23-27(37(2,3)4)13-18-30(31)35-40-33(25-9-14-28(38)15-10-25)34(26-11-16-29(39)17-12-26)44(35)36(46)43-20-8-19-42(21-22-43)24-32(45)41(5)6/h9-18,23,33-34H,7-8,19-22,24H2,1-6H3/t33-,34+/m0/s1. The maximum absolute atomic E-state index is 14.9. The normalized spacial score (nSPS) is 18.9. The third-order valence-corrected chi connectivity index (χ3v) is 9.30. The maximum Gasteiger partial charge on any atom is 0.326 e. The average molecular weight is 679 g/mol. The van der Waals surface area contributed by atoms with Crippen LogP contribution in [0.4, 0.5) is 4.79 Å². The van der Waals surface area contributed by atoms with Crippen LogP contribution in [0.15, 0.2) is 71.7 Å². The fourth-order valence-corrected chi connectivity index (χ4v) is 6.36. The lowest BCUT2D eigenvalue weighted by atomic mass is 9.86. The van der Waals surface area contributed by atoms with E-state index in [1.165, 1.54) is 0 Å². The van der Waals surface area contributed by atoms with Crippen molar-refractivity contribution in [3.8, 4) is 5.75 Å². The summed E-state index contributed by atoms with van der Waals surface area (Å²) >= 11 is 12.7. The fourth-order valence-electron chi connectivity index (χ4n) is 6.11. The minimum absolute atomic E-state index is 0.0505. The Hall–Kier alpha value is -3.59. The highest BCUT2D eigenvalue weighted by Crippen LogP contribution is 2.46. The van der Waals surface area contributed by atoms with Crippen molar-refractivity contribution in [3.63, 3.8) is 0 Å². The van der Waals surface area contributed by atoms with Crippen LogP contribution in [0.1, 0.15) is 68.5 Å². The van der Waals surface area contributed by atoms with Crippen molar-refractivity contribution in [3.05, 3.63) is 99.0 Å². The van der Waals surface area contributed by atoms with E-state index in [1.54, 1.807) is 19.0 Å². The number of halogens is 2. The molecule has 3 aromatic rings. The largest absolute Gasteiger partial charge is 0.493 e. The molecule has 2 atom stereocenters. The van der Waals surface area contributed by atoms with Gasteiger partial charge in [-0.2, -0.15) is 0 Å². The Labute approximate surface area is 288 Å². The van der Waals surface area contributed by atoms with E-state index in [0.29, 0.717) is 54.4 Å². The van der Waals surface area contributed by atoms with Crippen LogP contribution in [0.2, 0.25) is 10.0 Å². The molecule has 2 aliphatic heterocycles. The molecule has 0 aromatic heterocycles. The van der Waals surface area contributed by atoms with E-state index >= 15 is 0 Å². The van der Waals surface area contributed by atoms with Gasteiger partial charge >= 0.3 is 6.03 Å². The van der Waals surface area contributed by atoms with Gasteiger partial charge in [-0.25, -0.2) is 4.79 Å². The van der Waals surface area contributed by atoms with E-state index < -0.39 is 12.1 Å². The van der Waals surface area contributed by atoms with E-state index in [4.69, 9.17) is 32.9 Å². The average Bonchev–Trinajstić information content (AvgIpc) is 3.27. The Bertz CT molecular complexity index is 1600. The van der Waals surface area contributed by atoms with Gasteiger partial charge in [0.1, 0.15) is 17.6 Å². The molecule has 1 fully saturated rings. The minimum Gasteiger partial charge on any atom is -0.493 e. The third kappa shape index (κ3) is 7.94. The van der Waals surface area contributed by atoms with Gasteiger partial charge in [-0.05, 0) is 71.8 Å². The summed E-state index contributed by atoms with van der Waals surface area (Å²) < 4.78 is 6.25. The predicted octanol–water partition coefficient (Wildman–Crippen LogP) is 7.45. The number of aliphatic imine (C=N–C) groups is 1. The van der Waals surface area contributed by atoms with Crippen LogP contribution in [0.3, 0.4) is 0 Å². The molecule has 0 saturated carbocycles. The van der Waals surface area contributed by atoms with Gasteiger partial charge in [-0.15, -0.1) is 0 Å². The molecule has 0 bridgehead atoms. The van der Waals surface area contributed by atoms with Gasteiger partial charge < -0.3 is 14.5 Å². The number of hydrogen-bond donors (Lipinski definition) is 0. The molecule has 3 aromatic carbocycles. The number of rotatable bonds is 7. The van der Waals surface area contributed by atoms with Crippen LogP contribution in [0.25, 0.3) is 0 Å². The number of likely N-dealkylation sites (N-methyl/N-ethyl adjacent to an activating group) is 1. The molecule has 1 saturated heterocycles. The molecule has 3 amide bonds. The maximum atomic E-state index is 14.9. The van der Waals surface area contributed by atoms with Gasteiger partial charge in [0, 0.05) is 50.3 Å². The van der Waals surface area contributed by atoms with Crippen molar-refractivity contribution in [1.29, 1.82) is 0 Å². The van der Waals surface area contributed by atoms with E-state index in [2.05, 4.69) is 37.8 Å². The van der Waals surface area contributed by atoms with Crippen LogP contribution in [-0.2, 0) is 10.2 Å². The highest BCUT2D eigenvalue weighted by molar-refractivity contribution is 6.30. The molecule has 250 valence electrons. The first-order chi connectivity index (χ1) is 22.4. The second-order valence-electron chi connectivity index (χ2n) is 13.4. The number of hydrogen-bond acceptors (Lipinski definition) is 5. The smallest absolute Gasteiger partial charge is 0.326 e. The van der Waals surface area contributed by atoms with Gasteiger partial charge in [-0.1, -0.05) is 74.3 Å². The Morgan fingerprint density at radius 2 is 1.53 bits per heavy atom. The summed E-state index contributed by atoms with van der Waals surface area (Å²) in [5, 5.41) is 1.25. The zero-order chi connectivity index (χ0) is 33.9. The van der Waals surface area contributed by atoms with Gasteiger partial charge in [0.25, 0.3) is 0 Å². The van der Waals surface area contributed by atoms with E-state index in [1.807, 2.05) is 71.3 Å². The number of urea groups is 1. The lowest BCUT2D eigenvalue weighted by molar-refractivity contribution is -0.129. The van der Waals surface area contributed by atoms with E-state index in [-0.39, 0.29) is 17.4 Å². The van der Waals surface area contributed by atoms with Gasteiger partial charge in [0.05, 0.1) is 24.8 Å². The molecular weight excluding hydrogens is 633 g/mol. The number of ether oxygens (including phenoxy) is 1. The molecule has 10 heteroatoms. The highest BCUT2D eigenvalue weighted by Gasteiger charge is 2.45. The summed E-state index contributed by atoms with van der Waals surface area (Å²) in [6, 6.07) is 20.5. The molecule has 47 heavy (non-hydrogen) atoms. The Morgan fingerprint density at radius 1 is 0.894 bits per heavy atom. The molecule has 2 heterocycles. The molecule has 0 N–H and O–H groups in total. The van der Waals surface area contributed by atoms with Crippen LogP contribution in [0.5, 0.6) is 5.75 Å². The van der Waals surface area contributed by atoms with Crippen molar-refractivity contribution in [2.75, 3.05) is 53.4 Å². The lowest BCUT2D eigenvalue weighted by Crippen LogP contribution is -2.48. The van der Waals surface area contributed by atoms with Gasteiger partial charge in [-0.3, -0.25) is 19.6 Å². The number of nitrogens with zero attached hydrogens (tertiary/aromatic N) is 5. The molecule has 0 aliphatic carbocycles. The zero-order valence-corrected chi connectivity index (χ0v) is 29.7. The highest BCUT2D eigenvalue weighted by atomic mass is 35.5. The second-order valence-corrected chi connectivity index (χ2v) is 14.3. The van der Waals surface area contributed by atoms with Gasteiger partial charge in [0.2, 0.25) is 5.91 Å². The minimum atomic E-state index is -0.456. The fraction of sp³-hybridized carbons (Fsp3) is 0.432. The van der Waals surface area contributed by atoms with Crippen LogP contribution >= 0.6 is 23.2 Å². The second kappa shape index (κ2) is 14.7. The lowest BCUT2D eigenvalue weighted by Gasteiger charge is -2.34. The van der Waals surface area contributed by atoms with E-state index in [9.17, 15) is 9.59 Å². The number of carbonyl (C=O) groups excluding carboxylic acids is 2. The summed E-state index contributed by atoms with van der Waals surface area (Å²) in [6.45, 7) is 11.7. The van der Waals surface area contributed by atoms with Crippen molar-refractivity contribution < 1.29 is 14.3 Å². The first-order valence-electron chi connectivity index (χ1n) is 16.2. The number of carbonyl (C=O) groups is 2. The van der Waals surface area contributed by atoms with Crippen LogP contribution in [-0.4, -0.2) is 90.8 Å². The summed E-state index contributed by atoms with van der Waals surface area (Å²) in [4.78, 5) is 40.2.